The maximum atomic E-state index is 6.18. The summed E-state index contributed by atoms with van der Waals surface area (Å²) in [5.74, 6) is 1.64. The van der Waals surface area contributed by atoms with E-state index in [0.717, 1.165) is 53.4 Å². The molecule has 146 valence electrons. The zero-order chi connectivity index (χ0) is 19.2. The van der Waals surface area contributed by atoms with E-state index in [1.807, 2.05) is 24.4 Å². The maximum Gasteiger partial charge on any atom is 0.191 e. The highest BCUT2D eigenvalue weighted by Gasteiger charge is 2.25. The Hall–Kier alpha value is -1.99. The molecule has 27 heavy (non-hydrogen) atoms. The monoisotopic (exact) mass is 407 g/mol. The van der Waals surface area contributed by atoms with Gasteiger partial charge in [-0.05, 0) is 31.0 Å². The number of aromatic nitrogens is 1. The number of methoxy groups -OCH3 is 1. The molecule has 1 aliphatic heterocycles. The molecule has 0 amide bonds. The van der Waals surface area contributed by atoms with Gasteiger partial charge < -0.3 is 20.3 Å². The van der Waals surface area contributed by atoms with Crippen molar-refractivity contribution in [3.8, 4) is 5.75 Å². The van der Waals surface area contributed by atoms with Crippen molar-refractivity contribution in [2.75, 3.05) is 32.1 Å². The van der Waals surface area contributed by atoms with Gasteiger partial charge in [0.2, 0.25) is 0 Å². The summed E-state index contributed by atoms with van der Waals surface area (Å²) in [7, 11) is 3.48. The second kappa shape index (κ2) is 9.28. The fraction of sp³-hybridized carbons (Fsp3) is 0.474. The van der Waals surface area contributed by atoms with Crippen LogP contribution in [0.3, 0.4) is 0 Å². The van der Waals surface area contributed by atoms with Crippen molar-refractivity contribution in [3.63, 3.8) is 0 Å². The van der Waals surface area contributed by atoms with Crippen molar-refractivity contribution in [2.45, 2.75) is 32.4 Å². The van der Waals surface area contributed by atoms with Crippen LogP contribution in [0.15, 0.2) is 29.4 Å². The molecule has 0 aliphatic carbocycles. The van der Waals surface area contributed by atoms with E-state index >= 15 is 0 Å². The zero-order valence-corrected chi connectivity index (χ0v) is 17.5. The summed E-state index contributed by atoms with van der Waals surface area (Å²) in [6.45, 7) is 4.64. The number of hydrogen-bond acceptors (Lipinski definition) is 5. The number of anilines is 1. The Morgan fingerprint density at radius 1 is 1.48 bits per heavy atom. The van der Waals surface area contributed by atoms with E-state index in [4.69, 9.17) is 16.3 Å². The predicted octanol–water partition coefficient (Wildman–Crippen LogP) is 3.31. The minimum Gasteiger partial charge on any atom is -0.495 e. The van der Waals surface area contributed by atoms with E-state index < -0.39 is 0 Å². The summed E-state index contributed by atoms with van der Waals surface area (Å²) in [5.41, 5.74) is 1.03. The van der Waals surface area contributed by atoms with Gasteiger partial charge in [-0.15, -0.1) is 11.3 Å². The lowest BCUT2D eigenvalue weighted by Crippen LogP contribution is -2.44. The van der Waals surface area contributed by atoms with Crippen LogP contribution in [0.1, 0.15) is 23.2 Å². The zero-order valence-electron chi connectivity index (χ0n) is 16.0. The molecule has 0 saturated carbocycles. The van der Waals surface area contributed by atoms with Crippen LogP contribution in [0.5, 0.6) is 5.75 Å². The Morgan fingerprint density at radius 2 is 2.33 bits per heavy atom. The molecule has 1 aliphatic rings. The molecular formula is C19H26ClN5OS. The number of ether oxygens (including phenoxy) is 1. The largest absolute Gasteiger partial charge is 0.495 e. The van der Waals surface area contributed by atoms with Crippen molar-refractivity contribution in [2.24, 2.45) is 4.99 Å². The number of guanidine groups is 1. The number of aliphatic imine (C=N–C) groups is 1. The number of halogens is 1. The number of nitrogens with zero attached hydrogens (tertiary/aromatic N) is 3. The Labute approximate surface area is 169 Å². The quantitative estimate of drug-likeness (QED) is 0.568. The molecule has 2 heterocycles. The molecule has 3 rings (SSSR count). The first kappa shape index (κ1) is 19.8. The molecule has 1 saturated heterocycles. The molecule has 1 unspecified atom stereocenters. The van der Waals surface area contributed by atoms with E-state index in [1.165, 1.54) is 4.88 Å². The molecule has 0 radical (unpaired) electrons. The fourth-order valence-corrected chi connectivity index (χ4v) is 4.12. The molecular weight excluding hydrogens is 382 g/mol. The van der Waals surface area contributed by atoms with Crippen LogP contribution in [-0.4, -0.2) is 44.2 Å². The summed E-state index contributed by atoms with van der Waals surface area (Å²) >= 11 is 7.92. The van der Waals surface area contributed by atoms with Gasteiger partial charge in [-0.1, -0.05) is 18.5 Å². The Balaban J connectivity index is 1.56. The first-order valence-corrected chi connectivity index (χ1v) is 10.3. The van der Waals surface area contributed by atoms with Crippen LogP contribution in [0, 0.1) is 0 Å². The van der Waals surface area contributed by atoms with Gasteiger partial charge in [0, 0.05) is 42.3 Å². The highest BCUT2D eigenvalue weighted by Crippen LogP contribution is 2.33. The molecule has 1 atom stereocenters. The van der Waals surface area contributed by atoms with E-state index in [0.29, 0.717) is 12.6 Å². The SMILES string of the molecule is CCc1cnc(CNC(=NC)NC2CCN(c3cc(Cl)ccc3OC)C2)s1. The first-order chi connectivity index (χ1) is 13.1. The number of hydrogen-bond donors (Lipinski definition) is 2. The number of nitrogens with one attached hydrogen (secondary N) is 2. The number of aryl methyl sites for hydroxylation is 1. The minimum atomic E-state index is 0.308. The molecule has 1 aromatic carbocycles. The number of benzene rings is 1. The summed E-state index contributed by atoms with van der Waals surface area (Å²) in [5, 5.41) is 8.66. The smallest absolute Gasteiger partial charge is 0.191 e. The number of rotatable bonds is 6. The molecule has 2 aromatic rings. The minimum absolute atomic E-state index is 0.308. The second-order valence-electron chi connectivity index (χ2n) is 6.39. The lowest BCUT2D eigenvalue weighted by Gasteiger charge is -2.22. The van der Waals surface area contributed by atoms with Crippen molar-refractivity contribution in [1.82, 2.24) is 15.6 Å². The van der Waals surface area contributed by atoms with E-state index in [-0.39, 0.29) is 0 Å². The highest BCUT2D eigenvalue weighted by molar-refractivity contribution is 7.11. The Bertz CT molecular complexity index is 794. The molecule has 0 bridgehead atoms. The predicted molar refractivity (Wildman–Crippen MR) is 113 cm³/mol. The van der Waals surface area contributed by atoms with Crippen LogP contribution in [0.25, 0.3) is 0 Å². The molecule has 8 heteroatoms. The van der Waals surface area contributed by atoms with Gasteiger partial charge in [-0.2, -0.15) is 0 Å². The normalized spacial score (nSPS) is 17.3. The lowest BCUT2D eigenvalue weighted by atomic mass is 10.2. The molecule has 1 fully saturated rings. The van der Waals surface area contributed by atoms with Gasteiger partial charge in [-0.3, -0.25) is 4.99 Å². The van der Waals surface area contributed by atoms with Gasteiger partial charge in [-0.25, -0.2) is 4.98 Å². The topological polar surface area (TPSA) is 61.8 Å². The van der Waals surface area contributed by atoms with Gasteiger partial charge in [0.1, 0.15) is 10.8 Å². The standard InChI is InChI=1S/C19H26ClN5OS/c1-4-15-10-22-18(27-15)11-23-19(21-2)24-14-7-8-25(12-14)16-9-13(20)5-6-17(16)26-3/h5-6,9-10,14H,4,7-8,11-12H2,1-3H3,(H2,21,23,24). The van der Waals surface area contributed by atoms with Crippen molar-refractivity contribution in [1.29, 1.82) is 0 Å². The van der Waals surface area contributed by atoms with E-state index in [1.54, 1.807) is 25.5 Å². The molecule has 0 spiro atoms. The third kappa shape index (κ3) is 5.05. The van der Waals surface area contributed by atoms with E-state index in [9.17, 15) is 0 Å². The fourth-order valence-electron chi connectivity index (χ4n) is 3.15. The van der Waals surface area contributed by atoms with Crippen LogP contribution < -0.4 is 20.3 Å². The van der Waals surface area contributed by atoms with Crippen LogP contribution in [0.2, 0.25) is 5.02 Å². The average Bonchev–Trinajstić information content (AvgIpc) is 3.34. The van der Waals surface area contributed by atoms with Gasteiger partial charge >= 0.3 is 0 Å². The van der Waals surface area contributed by atoms with Gasteiger partial charge in [0.25, 0.3) is 0 Å². The Morgan fingerprint density at radius 3 is 3.04 bits per heavy atom. The van der Waals surface area contributed by atoms with Crippen LogP contribution in [-0.2, 0) is 13.0 Å². The summed E-state index contributed by atoms with van der Waals surface area (Å²) < 4.78 is 5.49. The Kier molecular flexibility index (Phi) is 6.79. The lowest BCUT2D eigenvalue weighted by molar-refractivity contribution is 0.415. The van der Waals surface area contributed by atoms with Crippen molar-refractivity contribution in [3.05, 3.63) is 39.3 Å². The third-order valence-corrected chi connectivity index (χ3v) is 5.97. The van der Waals surface area contributed by atoms with E-state index in [2.05, 4.69) is 32.4 Å². The second-order valence-corrected chi connectivity index (χ2v) is 8.03. The highest BCUT2D eigenvalue weighted by atomic mass is 35.5. The van der Waals surface area contributed by atoms with Gasteiger partial charge in [0.15, 0.2) is 5.96 Å². The molecule has 6 nitrogen and oxygen atoms in total. The number of thiazole rings is 1. The van der Waals surface area contributed by atoms with Crippen molar-refractivity contribution < 1.29 is 4.74 Å². The van der Waals surface area contributed by atoms with Crippen LogP contribution in [0.4, 0.5) is 5.69 Å². The molecule has 2 N–H and O–H groups in total. The maximum absolute atomic E-state index is 6.18. The van der Waals surface area contributed by atoms with Gasteiger partial charge in [0.05, 0.1) is 19.3 Å². The first-order valence-electron chi connectivity index (χ1n) is 9.12. The average molecular weight is 408 g/mol. The summed E-state index contributed by atoms with van der Waals surface area (Å²) in [6, 6.07) is 6.04. The summed E-state index contributed by atoms with van der Waals surface area (Å²) in [6.07, 6.45) is 3.99. The summed E-state index contributed by atoms with van der Waals surface area (Å²) in [4.78, 5) is 12.4. The molecule has 1 aromatic heterocycles. The van der Waals surface area contributed by atoms with Crippen LogP contribution >= 0.6 is 22.9 Å². The third-order valence-electron chi connectivity index (χ3n) is 4.59. The van der Waals surface area contributed by atoms with Crippen molar-refractivity contribution >= 4 is 34.6 Å².